The number of methoxy groups -OCH3 is 1. The summed E-state index contributed by atoms with van der Waals surface area (Å²) in [5.41, 5.74) is 2.41. The third kappa shape index (κ3) is 3.95. The number of rotatable bonds is 5. The van der Waals surface area contributed by atoms with Crippen molar-refractivity contribution in [2.75, 3.05) is 37.0 Å². The van der Waals surface area contributed by atoms with E-state index in [1.165, 1.54) is 0 Å². The van der Waals surface area contributed by atoms with Gasteiger partial charge in [0, 0.05) is 25.8 Å². The van der Waals surface area contributed by atoms with Crippen LogP contribution in [0.3, 0.4) is 0 Å². The highest BCUT2D eigenvalue weighted by atomic mass is 16.5. The number of carbonyl (C=O) groups is 2. The standard InChI is InChI=1S/C19H25N5O3/c1-13-17(11-20-22(13)3)21-18(25)12-23-9-10-24(19(26)14(23)2)15-5-7-16(27-4)8-6-15/h5-8,11,14H,9-10,12H2,1-4H3,(H,21,25)/t14-/m0/s1. The Hall–Kier alpha value is -2.87. The van der Waals surface area contributed by atoms with Crippen LogP contribution in [0.4, 0.5) is 11.4 Å². The van der Waals surface area contributed by atoms with Gasteiger partial charge < -0.3 is 15.0 Å². The number of nitrogens with zero attached hydrogens (tertiary/aromatic N) is 4. The van der Waals surface area contributed by atoms with Crippen LogP contribution in [-0.4, -0.2) is 59.3 Å². The first-order chi connectivity index (χ1) is 12.9. The number of hydrogen-bond acceptors (Lipinski definition) is 5. The lowest BCUT2D eigenvalue weighted by Gasteiger charge is -2.38. The molecule has 8 heteroatoms. The Bertz CT molecular complexity index is 830. The van der Waals surface area contributed by atoms with E-state index in [0.717, 1.165) is 17.1 Å². The minimum atomic E-state index is -0.374. The van der Waals surface area contributed by atoms with Gasteiger partial charge in [-0.1, -0.05) is 0 Å². The predicted molar refractivity (Wildman–Crippen MR) is 103 cm³/mol. The fraction of sp³-hybridized carbons (Fsp3) is 0.421. The van der Waals surface area contributed by atoms with Gasteiger partial charge in [0.15, 0.2) is 0 Å². The van der Waals surface area contributed by atoms with Crippen LogP contribution in [0.2, 0.25) is 0 Å². The molecular weight excluding hydrogens is 346 g/mol. The van der Waals surface area contributed by atoms with Gasteiger partial charge in [0.05, 0.1) is 37.3 Å². The fourth-order valence-electron chi connectivity index (χ4n) is 3.14. The van der Waals surface area contributed by atoms with Gasteiger partial charge >= 0.3 is 0 Å². The van der Waals surface area contributed by atoms with Gasteiger partial charge in [-0.05, 0) is 38.1 Å². The molecule has 1 aliphatic rings. The second kappa shape index (κ2) is 7.79. The number of aryl methyl sites for hydroxylation is 1. The summed E-state index contributed by atoms with van der Waals surface area (Å²) in [6, 6.07) is 7.04. The fourth-order valence-corrected chi connectivity index (χ4v) is 3.14. The maximum Gasteiger partial charge on any atom is 0.244 e. The van der Waals surface area contributed by atoms with Gasteiger partial charge in [0.25, 0.3) is 0 Å². The van der Waals surface area contributed by atoms with Crippen LogP contribution in [0.5, 0.6) is 5.75 Å². The van der Waals surface area contributed by atoms with Gasteiger partial charge in [0.1, 0.15) is 5.75 Å². The van der Waals surface area contributed by atoms with Crippen molar-refractivity contribution >= 4 is 23.2 Å². The molecule has 0 spiro atoms. The SMILES string of the molecule is COc1ccc(N2CCN(CC(=O)Nc3cnn(C)c3C)[C@@H](C)C2=O)cc1. The summed E-state index contributed by atoms with van der Waals surface area (Å²) in [6.07, 6.45) is 1.63. The van der Waals surface area contributed by atoms with Crippen molar-refractivity contribution < 1.29 is 14.3 Å². The first-order valence-electron chi connectivity index (χ1n) is 8.88. The maximum absolute atomic E-state index is 12.8. The zero-order valence-corrected chi connectivity index (χ0v) is 16.1. The average molecular weight is 371 g/mol. The van der Waals surface area contributed by atoms with Crippen molar-refractivity contribution in [1.29, 1.82) is 0 Å². The molecule has 1 aromatic heterocycles. The Morgan fingerprint density at radius 2 is 2.00 bits per heavy atom. The minimum absolute atomic E-state index is 0.0169. The molecule has 144 valence electrons. The molecule has 3 rings (SSSR count). The van der Waals surface area contributed by atoms with Gasteiger partial charge in [-0.15, -0.1) is 0 Å². The molecule has 2 heterocycles. The molecule has 2 amide bonds. The molecule has 0 aliphatic carbocycles. The summed E-state index contributed by atoms with van der Waals surface area (Å²) in [5.74, 6) is 0.584. The third-order valence-electron chi connectivity index (χ3n) is 5.02. The van der Waals surface area contributed by atoms with E-state index in [1.807, 2.05) is 50.1 Å². The number of benzene rings is 1. The topological polar surface area (TPSA) is 79.7 Å². The highest BCUT2D eigenvalue weighted by molar-refractivity contribution is 5.99. The van der Waals surface area contributed by atoms with Crippen molar-refractivity contribution in [2.24, 2.45) is 7.05 Å². The molecule has 0 saturated carbocycles. The summed E-state index contributed by atoms with van der Waals surface area (Å²) in [5, 5.41) is 6.98. The average Bonchev–Trinajstić information content (AvgIpc) is 2.98. The zero-order chi connectivity index (χ0) is 19.6. The second-order valence-electron chi connectivity index (χ2n) is 6.65. The van der Waals surface area contributed by atoms with Crippen molar-refractivity contribution in [3.05, 3.63) is 36.2 Å². The second-order valence-corrected chi connectivity index (χ2v) is 6.65. The smallest absolute Gasteiger partial charge is 0.244 e. The minimum Gasteiger partial charge on any atom is -0.497 e. The van der Waals surface area contributed by atoms with Gasteiger partial charge in [-0.25, -0.2) is 0 Å². The molecule has 1 aromatic carbocycles. The van der Waals surface area contributed by atoms with Gasteiger partial charge in [-0.2, -0.15) is 5.10 Å². The Morgan fingerprint density at radius 1 is 1.30 bits per heavy atom. The number of nitrogens with one attached hydrogen (secondary N) is 1. The van der Waals surface area contributed by atoms with E-state index in [-0.39, 0.29) is 24.4 Å². The van der Waals surface area contributed by atoms with E-state index >= 15 is 0 Å². The summed E-state index contributed by atoms with van der Waals surface area (Å²) < 4.78 is 6.87. The zero-order valence-electron chi connectivity index (χ0n) is 16.1. The summed E-state index contributed by atoms with van der Waals surface area (Å²) in [6.45, 7) is 5.05. The predicted octanol–water partition coefficient (Wildman–Crippen LogP) is 1.41. The summed E-state index contributed by atoms with van der Waals surface area (Å²) >= 11 is 0. The Balaban J connectivity index is 1.62. The van der Waals surface area contributed by atoms with Crippen molar-refractivity contribution in [3.8, 4) is 5.75 Å². The number of hydrogen-bond donors (Lipinski definition) is 1. The number of ether oxygens (including phenoxy) is 1. The summed E-state index contributed by atoms with van der Waals surface area (Å²) in [4.78, 5) is 28.8. The molecule has 0 bridgehead atoms. The third-order valence-corrected chi connectivity index (χ3v) is 5.02. The normalized spacial score (nSPS) is 17.9. The molecule has 1 fully saturated rings. The first kappa shape index (κ1) is 18.9. The largest absolute Gasteiger partial charge is 0.497 e. The number of piperazine rings is 1. The van der Waals surface area contributed by atoms with Crippen LogP contribution in [0, 0.1) is 6.92 Å². The van der Waals surface area contributed by atoms with Crippen LogP contribution in [0.15, 0.2) is 30.5 Å². The molecule has 0 unspecified atom stereocenters. The molecule has 8 nitrogen and oxygen atoms in total. The Kier molecular flexibility index (Phi) is 5.46. The maximum atomic E-state index is 12.8. The highest BCUT2D eigenvalue weighted by Crippen LogP contribution is 2.23. The molecule has 1 saturated heterocycles. The molecule has 2 aromatic rings. The van der Waals surface area contributed by atoms with Gasteiger partial charge in [0.2, 0.25) is 11.8 Å². The monoisotopic (exact) mass is 371 g/mol. The van der Waals surface area contributed by atoms with Crippen LogP contribution in [-0.2, 0) is 16.6 Å². The Morgan fingerprint density at radius 3 is 2.59 bits per heavy atom. The lowest BCUT2D eigenvalue weighted by Crippen LogP contribution is -2.57. The summed E-state index contributed by atoms with van der Waals surface area (Å²) in [7, 11) is 3.43. The molecule has 0 radical (unpaired) electrons. The van der Waals surface area contributed by atoms with E-state index in [4.69, 9.17) is 4.74 Å². The van der Waals surface area contributed by atoms with E-state index in [0.29, 0.717) is 18.8 Å². The van der Waals surface area contributed by atoms with Crippen molar-refractivity contribution in [3.63, 3.8) is 0 Å². The highest BCUT2D eigenvalue weighted by Gasteiger charge is 2.33. The first-order valence-corrected chi connectivity index (χ1v) is 8.88. The number of carbonyl (C=O) groups excluding carboxylic acids is 2. The van der Waals surface area contributed by atoms with Crippen LogP contribution in [0.25, 0.3) is 0 Å². The molecule has 27 heavy (non-hydrogen) atoms. The van der Waals surface area contributed by atoms with E-state index in [2.05, 4.69) is 10.4 Å². The van der Waals surface area contributed by atoms with E-state index < -0.39 is 0 Å². The molecular formula is C19H25N5O3. The van der Waals surface area contributed by atoms with Gasteiger partial charge in [-0.3, -0.25) is 19.2 Å². The van der Waals surface area contributed by atoms with Crippen LogP contribution in [0.1, 0.15) is 12.6 Å². The Labute approximate surface area is 158 Å². The number of anilines is 2. The van der Waals surface area contributed by atoms with Crippen LogP contribution >= 0.6 is 0 Å². The lowest BCUT2D eigenvalue weighted by atomic mass is 10.1. The molecule has 1 N–H and O–H groups in total. The quantitative estimate of drug-likeness (QED) is 0.860. The molecule has 1 aliphatic heterocycles. The molecule has 1 atom stereocenters. The lowest BCUT2D eigenvalue weighted by molar-refractivity contribution is -0.127. The van der Waals surface area contributed by atoms with Crippen molar-refractivity contribution in [2.45, 2.75) is 19.9 Å². The number of amides is 2. The van der Waals surface area contributed by atoms with Crippen molar-refractivity contribution in [1.82, 2.24) is 14.7 Å². The van der Waals surface area contributed by atoms with Crippen LogP contribution < -0.4 is 15.0 Å². The van der Waals surface area contributed by atoms with E-state index in [1.54, 1.807) is 22.9 Å². The van der Waals surface area contributed by atoms with E-state index in [9.17, 15) is 9.59 Å². The number of aromatic nitrogens is 2.